The second-order valence-corrected chi connectivity index (χ2v) is 6.13. The Hall–Kier alpha value is -2.04. The number of rotatable bonds is 7. The summed E-state index contributed by atoms with van der Waals surface area (Å²) in [6.07, 6.45) is 0.430. The first-order valence-corrected chi connectivity index (χ1v) is 8.13. The predicted molar refractivity (Wildman–Crippen MR) is 94.7 cm³/mol. The fourth-order valence-corrected chi connectivity index (χ4v) is 2.45. The molecule has 2 aromatic rings. The van der Waals surface area contributed by atoms with E-state index in [4.69, 9.17) is 27.9 Å². The Morgan fingerprint density at radius 1 is 1.12 bits per heavy atom. The van der Waals surface area contributed by atoms with Crippen molar-refractivity contribution in [2.75, 3.05) is 6.61 Å². The molecule has 1 atom stereocenters. The van der Waals surface area contributed by atoms with Gasteiger partial charge in [-0.3, -0.25) is 9.59 Å². The molecule has 24 heavy (non-hydrogen) atoms. The molecule has 0 aromatic heterocycles. The maximum absolute atomic E-state index is 12.1. The minimum Gasteiger partial charge on any atom is -0.482 e. The summed E-state index contributed by atoms with van der Waals surface area (Å²) in [7, 11) is 0. The van der Waals surface area contributed by atoms with E-state index in [1.165, 1.54) is 13.0 Å². The quantitative estimate of drug-likeness (QED) is 0.813. The Balaban J connectivity index is 1.93. The van der Waals surface area contributed by atoms with Crippen molar-refractivity contribution in [1.29, 1.82) is 0 Å². The molecule has 2 rings (SSSR count). The third-order valence-corrected chi connectivity index (χ3v) is 3.91. The van der Waals surface area contributed by atoms with Crippen LogP contribution in [-0.2, 0) is 16.0 Å². The molecular weight excluding hydrogens is 349 g/mol. The van der Waals surface area contributed by atoms with Gasteiger partial charge in [0.25, 0.3) is 5.91 Å². The molecule has 0 fully saturated rings. The maximum Gasteiger partial charge on any atom is 0.258 e. The summed E-state index contributed by atoms with van der Waals surface area (Å²) in [5, 5.41) is 3.50. The highest BCUT2D eigenvalue weighted by Gasteiger charge is 2.18. The first kappa shape index (κ1) is 18.3. The van der Waals surface area contributed by atoms with Gasteiger partial charge in [0.15, 0.2) is 12.4 Å². The van der Waals surface area contributed by atoms with E-state index in [2.05, 4.69) is 5.32 Å². The van der Waals surface area contributed by atoms with Crippen molar-refractivity contribution in [3.05, 3.63) is 64.1 Å². The molecule has 0 radical (unpaired) electrons. The normalized spacial score (nSPS) is 11.6. The standard InChI is InChI=1S/C18H17Cl2NO3/c1-12(22)16(9-13-5-3-2-4-6-13)21-18(23)11-24-17-10-14(19)7-8-15(17)20/h2-8,10,16H,9,11H2,1H3,(H,21,23)/t16-/m0/s1. The van der Waals surface area contributed by atoms with Gasteiger partial charge >= 0.3 is 0 Å². The highest BCUT2D eigenvalue weighted by Crippen LogP contribution is 2.27. The number of ketones is 1. The van der Waals surface area contributed by atoms with Crippen molar-refractivity contribution < 1.29 is 14.3 Å². The summed E-state index contributed by atoms with van der Waals surface area (Å²) in [5.41, 5.74) is 0.969. The van der Waals surface area contributed by atoms with Crippen molar-refractivity contribution >= 4 is 34.9 Å². The van der Waals surface area contributed by atoms with Gasteiger partial charge in [0.05, 0.1) is 11.1 Å². The summed E-state index contributed by atoms with van der Waals surface area (Å²) in [5.74, 6) is -0.197. The SMILES string of the molecule is CC(=O)[C@H](Cc1ccccc1)NC(=O)COc1cc(Cl)ccc1Cl. The van der Waals surface area contributed by atoms with Gasteiger partial charge in [-0.25, -0.2) is 0 Å². The van der Waals surface area contributed by atoms with Crippen molar-refractivity contribution in [2.45, 2.75) is 19.4 Å². The van der Waals surface area contributed by atoms with E-state index in [1.807, 2.05) is 30.3 Å². The average molecular weight is 366 g/mol. The minimum atomic E-state index is -0.599. The number of benzene rings is 2. The molecule has 0 unspecified atom stereocenters. The lowest BCUT2D eigenvalue weighted by molar-refractivity contribution is -0.128. The van der Waals surface area contributed by atoms with Crippen LogP contribution in [0.1, 0.15) is 12.5 Å². The molecule has 0 saturated heterocycles. The van der Waals surface area contributed by atoms with Crippen LogP contribution in [0.25, 0.3) is 0 Å². The lowest BCUT2D eigenvalue weighted by Gasteiger charge is -2.16. The Morgan fingerprint density at radius 2 is 1.83 bits per heavy atom. The highest BCUT2D eigenvalue weighted by molar-refractivity contribution is 6.34. The van der Waals surface area contributed by atoms with Crippen LogP contribution >= 0.6 is 23.2 Å². The summed E-state index contributed by atoms with van der Waals surface area (Å²) in [4.78, 5) is 23.8. The van der Waals surface area contributed by atoms with E-state index < -0.39 is 11.9 Å². The zero-order chi connectivity index (χ0) is 17.5. The van der Waals surface area contributed by atoms with Gasteiger partial charge in [-0.05, 0) is 31.0 Å². The number of hydrogen-bond donors (Lipinski definition) is 1. The second-order valence-electron chi connectivity index (χ2n) is 5.28. The highest BCUT2D eigenvalue weighted by atomic mass is 35.5. The van der Waals surface area contributed by atoms with Gasteiger partial charge < -0.3 is 10.1 Å². The third kappa shape index (κ3) is 5.55. The van der Waals surface area contributed by atoms with Crippen LogP contribution in [0, 0.1) is 0 Å². The number of hydrogen-bond acceptors (Lipinski definition) is 3. The summed E-state index contributed by atoms with van der Waals surface area (Å²) in [6.45, 7) is 1.20. The smallest absolute Gasteiger partial charge is 0.258 e. The number of amides is 1. The van der Waals surface area contributed by atoms with Gasteiger partial charge in [-0.2, -0.15) is 0 Å². The molecule has 1 amide bonds. The third-order valence-electron chi connectivity index (χ3n) is 3.36. The Morgan fingerprint density at radius 3 is 2.50 bits per heavy atom. The maximum atomic E-state index is 12.1. The Kier molecular flexibility index (Phi) is 6.64. The van der Waals surface area contributed by atoms with E-state index >= 15 is 0 Å². The number of halogens is 2. The first-order valence-electron chi connectivity index (χ1n) is 7.37. The molecule has 0 bridgehead atoms. The van der Waals surface area contributed by atoms with Crippen LogP contribution in [0.4, 0.5) is 0 Å². The monoisotopic (exact) mass is 365 g/mol. The lowest BCUT2D eigenvalue weighted by Crippen LogP contribution is -2.43. The fraction of sp³-hybridized carbons (Fsp3) is 0.222. The second kappa shape index (κ2) is 8.71. The Bertz CT molecular complexity index is 719. The van der Waals surface area contributed by atoms with E-state index in [9.17, 15) is 9.59 Å². The Labute approximate surface area is 150 Å². The molecule has 1 N–H and O–H groups in total. The van der Waals surface area contributed by atoms with Gasteiger partial charge in [0, 0.05) is 11.1 Å². The minimum absolute atomic E-state index is 0.118. The zero-order valence-corrected chi connectivity index (χ0v) is 14.6. The molecule has 0 aliphatic rings. The predicted octanol–water partition coefficient (Wildman–Crippen LogP) is 3.69. The van der Waals surface area contributed by atoms with Crippen LogP contribution in [-0.4, -0.2) is 24.3 Å². The molecule has 0 heterocycles. The molecule has 2 aromatic carbocycles. The molecule has 0 aliphatic carbocycles. The van der Waals surface area contributed by atoms with Crippen molar-refractivity contribution in [3.63, 3.8) is 0 Å². The number of ether oxygens (including phenoxy) is 1. The molecule has 4 nitrogen and oxygen atoms in total. The van der Waals surface area contributed by atoms with Crippen molar-refractivity contribution in [1.82, 2.24) is 5.32 Å². The van der Waals surface area contributed by atoms with E-state index in [-0.39, 0.29) is 12.4 Å². The van der Waals surface area contributed by atoms with E-state index in [0.717, 1.165) is 5.56 Å². The fourth-order valence-electron chi connectivity index (χ4n) is 2.11. The van der Waals surface area contributed by atoms with Crippen LogP contribution < -0.4 is 10.1 Å². The number of carbonyl (C=O) groups excluding carboxylic acids is 2. The molecule has 126 valence electrons. The molecule has 0 spiro atoms. The number of nitrogens with one attached hydrogen (secondary N) is 1. The van der Waals surface area contributed by atoms with Crippen LogP contribution in [0.2, 0.25) is 10.0 Å². The van der Waals surface area contributed by atoms with Crippen LogP contribution in [0.15, 0.2) is 48.5 Å². The van der Waals surface area contributed by atoms with E-state index in [1.54, 1.807) is 12.1 Å². The van der Waals surface area contributed by atoms with Gasteiger partial charge in [0.1, 0.15) is 5.75 Å². The summed E-state index contributed by atoms with van der Waals surface area (Å²) < 4.78 is 5.37. The molecular formula is C18H17Cl2NO3. The first-order chi connectivity index (χ1) is 11.5. The summed E-state index contributed by atoms with van der Waals surface area (Å²) in [6, 6.07) is 13.6. The van der Waals surface area contributed by atoms with Gasteiger partial charge in [-0.1, -0.05) is 53.5 Å². The number of carbonyl (C=O) groups is 2. The average Bonchev–Trinajstić information content (AvgIpc) is 2.56. The van der Waals surface area contributed by atoms with Crippen LogP contribution in [0.5, 0.6) is 5.75 Å². The van der Waals surface area contributed by atoms with Crippen molar-refractivity contribution in [3.8, 4) is 5.75 Å². The topological polar surface area (TPSA) is 55.4 Å². The van der Waals surface area contributed by atoms with Gasteiger partial charge in [0.2, 0.25) is 0 Å². The lowest BCUT2D eigenvalue weighted by atomic mass is 10.0. The van der Waals surface area contributed by atoms with Gasteiger partial charge in [-0.15, -0.1) is 0 Å². The molecule has 0 aliphatic heterocycles. The zero-order valence-electron chi connectivity index (χ0n) is 13.1. The van der Waals surface area contributed by atoms with Crippen molar-refractivity contribution in [2.24, 2.45) is 0 Å². The van der Waals surface area contributed by atoms with E-state index in [0.29, 0.717) is 22.2 Å². The summed E-state index contributed by atoms with van der Waals surface area (Å²) >= 11 is 11.8. The number of Topliss-reactive ketones (excluding diaryl/α,β-unsaturated/α-hetero) is 1. The molecule has 0 saturated carbocycles. The molecule has 6 heteroatoms. The largest absolute Gasteiger partial charge is 0.482 e. The van der Waals surface area contributed by atoms with Crippen LogP contribution in [0.3, 0.4) is 0 Å².